The third-order valence-corrected chi connectivity index (χ3v) is 3.64. The van der Waals surface area contributed by atoms with Gasteiger partial charge in [0.25, 0.3) is 0 Å². The molecule has 106 valence electrons. The van der Waals surface area contributed by atoms with E-state index >= 15 is 0 Å². The van der Waals surface area contributed by atoms with Gasteiger partial charge in [0.05, 0.1) is 11.4 Å². The predicted octanol–water partition coefficient (Wildman–Crippen LogP) is 2.59. The van der Waals surface area contributed by atoms with Gasteiger partial charge >= 0.3 is 0 Å². The van der Waals surface area contributed by atoms with E-state index in [1.165, 1.54) is 17.0 Å². The van der Waals surface area contributed by atoms with Gasteiger partial charge in [0, 0.05) is 32.2 Å². The van der Waals surface area contributed by atoms with Crippen LogP contribution in [0.2, 0.25) is 0 Å². The molecular formula is C15H25N3O. The van der Waals surface area contributed by atoms with Crippen LogP contribution in [0.1, 0.15) is 62.5 Å². The van der Waals surface area contributed by atoms with Gasteiger partial charge in [0.1, 0.15) is 6.10 Å². The Balaban J connectivity index is 2.48. The lowest BCUT2D eigenvalue weighted by Gasteiger charge is -2.25. The maximum atomic E-state index is 5.58. The van der Waals surface area contributed by atoms with E-state index in [2.05, 4.69) is 33.0 Å². The normalized spacial score (nSPS) is 16.8. The van der Waals surface area contributed by atoms with Gasteiger partial charge < -0.3 is 10.1 Å². The number of nitrogens with zero attached hydrogens (tertiary/aromatic N) is 2. The molecule has 2 heterocycles. The van der Waals surface area contributed by atoms with Crippen LogP contribution in [0.4, 0.5) is 0 Å². The molecule has 0 amide bonds. The Bertz CT molecular complexity index is 443. The smallest absolute Gasteiger partial charge is 0.157 e. The second kappa shape index (κ2) is 5.97. The minimum absolute atomic E-state index is 0.0160. The first-order valence-electron chi connectivity index (χ1n) is 7.17. The molecule has 0 saturated carbocycles. The first-order valence-corrected chi connectivity index (χ1v) is 7.17. The molecule has 0 aliphatic carbocycles. The number of hydrogen-bond acceptors (Lipinski definition) is 4. The van der Waals surface area contributed by atoms with Crippen LogP contribution in [0.25, 0.3) is 0 Å². The summed E-state index contributed by atoms with van der Waals surface area (Å²) in [5, 5.41) is 3.41. The molecule has 1 atom stereocenters. The van der Waals surface area contributed by atoms with Crippen molar-refractivity contribution in [1.82, 2.24) is 15.3 Å². The van der Waals surface area contributed by atoms with Crippen LogP contribution in [-0.4, -0.2) is 23.6 Å². The Hall–Kier alpha value is -1.00. The zero-order chi connectivity index (χ0) is 14.0. The fourth-order valence-corrected chi connectivity index (χ4v) is 2.67. The molecule has 0 fully saturated rings. The van der Waals surface area contributed by atoms with E-state index < -0.39 is 0 Å². The predicted molar refractivity (Wildman–Crippen MR) is 76.1 cm³/mol. The molecular weight excluding hydrogens is 238 g/mol. The molecule has 0 radical (unpaired) electrons. The van der Waals surface area contributed by atoms with Crippen LogP contribution in [0, 0.1) is 5.92 Å². The summed E-state index contributed by atoms with van der Waals surface area (Å²) in [6.07, 6.45) is 0.969. The lowest BCUT2D eigenvalue weighted by atomic mass is 9.97. The molecule has 4 nitrogen and oxygen atoms in total. The molecule has 0 saturated heterocycles. The van der Waals surface area contributed by atoms with Crippen molar-refractivity contribution < 1.29 is 4.74 Å². The molecule has 0 spiro atoms. The fourth-order valence-electron chi connectivity index (χ4n) is 2.67. The highest BCUT2D eigenvalue weighted by molar-refractivity contribution is 5.30. The number of methoxy groups -OCH3 is 1. The quantitative estimate of drug-likeness (QED) is 0.907. The van der Waals surface area contributed by atoms with Gasteiger partial charge in [-0.2, -0.15) is 0 Å². The summed E-state index contributed by atoms with van der Waals surface area (Å²) >= 11 is 0. The van der Waals surface area contributed by atoms with E-state index in [1.807, 2.05) is 0 Å². The van der Waals surface area contributed by atoms with Crippen LogP contribution < -0.4 is 5.32 Å². The van der Waals surface area contributed by atoms with Crippen molar-refractivity contribution in [2.75, 3.05) is 13.7 Å². The first-order chi connectivity index (χ1) is 9.04. The number of hydrogen-bond donors (Lipinski definition) is 1. The van der Waals surface area contributed by atoms with E-state index in [-0.39, 0.29) is 6.10 Å². The van der Waals surface area contributed by atoms with Crippen molar-refractivity contribution in [3.05, 3.63) is 22.8 Å². The standard InChI is InChI=1S/C15H25N3O/c1-9(2)13-11-8-16-7-6-12(11)17-15(18-13)14(19-5)10(3)4/h9-10,14,16H,6-8H2,1-5H3. The highest BCUT2D eigenvalue weighted by Crippen LogP contribution is 2.28. The number of nitrogens with one attached hydrogen (secondary N) is 1. The van der Waals surface area contributed by atoms with Crippen molar-refractivity contribution in [3.8, 4) is 0 Å². The first kappa shape index (κ1) is 14.4. The largest absolute Gasteiger partial charge is 0.373 e. The van der Waals surface area contributed by atoms with Crippen LogP contribution >= 0.6 is 0 Å². The summed E-state index contributed by atoms with van der Waals surface area (Å²) in [7, 11) is 1.74. The SMILES string of the molecule is COC(c1nc2c(c(C(C)C)n1)CNCC2)C(C)C. The zero-order valence-corrected chi connectivity index (χ0v) is 12.7. The maximum absolute atomic E-state index is 5.58. The lowest BCUT2D eigenvalue weighted by molar-refractivity contribution is 0.0569. The monoisotopic (exact) mass is 263 g/mol. The molecule has 0 bridgehead atoms. The van der Waals surface area contributed by atoms with E-state index in [4.69, 9.17) is 14.7 Å². The summed E-state index contributed by atoms with van der Waals surface area (Å²) < 4.78 is 5.58. The van der Waals surface area contributed by atoms with Crippen molar-refractivity contribution in [2.24, 2.45) is 5.92 Å². The summed E-state index contributed by atoms with van der Waals surface area (Å²) in [5.74, 6) is 1.65. The fraction of sp³-hybridized carbons (Fsp3) is 0.733. The Morgan fingerprint density at radius 1 is 1.16 bits per heavy atom. The number of fused-ring (bicyclic) bond motifs is 1. The third-order valence-electron chi connectivity index (χ3n) is 3.64. The summed E-state index contributed by atoms with van der Waals surface area (Å²) in [6.45, 7) is 10.6. The van der Waals surface area contributed by atoms with E-state index in [0.717, 1.165) is 25.3 Å². The van der Waals surface area contributed by atoms with Crippen molar-refractivity contribution in [1.29, 1.82) is 0 Å². The van der Waals surface area contributed by atoms with Crippen molar-refractivity contribution in [3.63, 3.8) is 0 Å². The van der Waals surface area contributed by atoms with Crippen LogP contribution in [0.5, 0.6) is 0 Å². The minimum atomic E-state index is -0.0160. The second-order valence-corrected chi connectivity index (χ2v) is 5.87. The molecule has 0 aromatic carbocycles. The molecule has 1 aromatic heterocycles. The second-order valence-electron chi connectivity index (χ2n) is 5.87. The topological polar surface area (TPSA) is 47.0 Å². The highest BCUT2D eigenvalue weighted by Gasteiger charge is 2.24. The molecule has 1 aliphatic rings. The Morgan fingerprint density at radius 3 is 2.47 bits per heavy atom. The van der Waals surface area contributed by atoms with Crippen molar-refractivity contribution in [2.45, 2.75) is 52.7 Å². The molecule has 2 rings (SSSR count). The van der Waals surface area contributed by atoms with E-state index in [0.29, 0.717) is 11.8 Å². The average molecular weight is 263 g/mol. The number of rotatable bonds is 4. The molecule has 1 aliphatic heterocycles. The van der Waals surface area contributed by atoms with Crippen LogP contribution in [0.15, 0.2) is 0 Å². The molecule has 1 unspecified atom stereocenters. The van der Waals surface area contributed by atoms with Gasteiger partial charge in [-0.1, -0.05) is 27.7 Å². The van der Waals surface area contributed by atoms with Crippen LogP contribution in [-0.2, 0) is 17.7 Å². The molecule has 19 heavy (non-hydrogen) atoms. The van der Waals surface area contributed by atoms with Gasteiger partial charge in [0.15, 0.2) is 5.82 Å². The highest BCUT2D eigenvalue weighted by atomic mass is 16.5. The molecule has 1 N–H and O–H groups in total. The zero-order valence-electron chi connectivity index (χ0n) is 12.7. The third kappa shape index (κ3) is 2.95. The van der Waals surface area contributed by atoms with Gasteiger partial charge in [0.2, 0.25) is 0 Å². The van der Waals surface area contributed by atoms with Gasteiger partial charge in [-0.25, -0.2) is 9.97 Å². The number of ether oxygens (including phenoxy) is 1. The van der Waals surface area contributed by atoms with Gasteiger partial charge in [-0.05, 0) is 11.8 Å². The Labute approximate surface area is 116 Å². The summed E-state index contributed by atoms with van der Waals surface area (Å²) in [5.41, 5.74) is 3.67. The van der Waals surface area contributed by atoms with Gasteiger partial charge in [-0.15, -0.1) is 0 Å². The van der Waals surface area contributed by atoms with Crippen LogP contribution in [0.3, 0.4) is 0 Å². The summed E-state index contributed by atoms with van der Waals surface area (Å²) in [6, 6.07) is 0. The summed E-state index contributed by atoms with van der Waals surface area (Å²) in [4.78, 5) is 9.57. The Morgan fingerprint density at radius 2 is 1.89 bits per heavy atom. The Kier molecular flexibility index (Phi) is 4.53. The number of aromatic nitrogens is 2. The maximum Gasteiger partial charge on any atom is 0.157 e. The molecule has 4 heteroatoms. The average Bonchev–Trinajstić information content (AvgIpc) is 2.38. The van der Waals surface area contributed by atoms with E-state index in [9.17, 15) is 0 Å². The van der Waals surface area contributed by atoms with E-state index in [1.54, 1.807) is 7.11 Å². The minimum Gasteiger partial charge on any atom is -0.373 e. The molecule has 1 aromatic rings. The van der Waals surface area contributed by atoms with Crippen molar-refractivity contribution >= 4 is 0 Å². The van der Waals surface area contributed by atoms with Gasteiger partial charge in [-0.3, -0.25) is 0 Å². The lowest BCUT2D eigenvalue weighted by Crippen LogP contribution is -2.28.